The van der Waals surface area contributed by atoms with Crippen LogP contribution in [0.1, 0.15) is 61.6 Å². The monoisotopic (exact) mass is 479 g/mol. The van der Waals surface area contributed by atoms with Crippen LogP contribution in [0, 0.1) is 17.2 Å². The molecule has 1 aromatic carbocycles. The van der Waals surface area contributed by atoms with Crippen molar-refractivity contribution in [1.29, 1.82) is 5.26 Å². The molecule has 2 heterocycles. The van der Waals surface area contributed by atoms with Crippen molar-refractivity contribution >= 4 is 34.0 Å². The topological polar surface area (TPSA) is 83.6 Å². The zero-order valence-corrected chi connectivity index (χ0v) is 21.1. The molecule has 4 rings (SSSR count). The average molecular weight is 480 g/mol. The number of nitrogens with one attached hydrogen (secondary N) is 1. The van der Waals surface area contributed by atoms with Gasteiger partial charge in [0, 0.05) is 17.0 Å². The van der Waals surface area contributed by atoms with Gasteiger partial charge in [-0.1, -0.05) is 56.8 Å². The van der Waals surface area contributed by atoms with Gasteiger partial charge in [0.2, 0.25) is 5.91 Å². The van der Waals surface area contributed by atoms with Crippen molar-refractivity contribution in [3.63, 3.8) is 0 Å². The van der Waals surface area contributed by atoms with Gasteiger partial charge in [-0.15, -0.1) is 21.5 Å². The lowest BCUT2D eigenvalue weighted by Crippen LogP contribution is -2.14. The molecule has 0 saturated heterocycles. The molecule has 1 aliphatic carbocycles. The Morgan fingerprint density at radius 3 is 2.76 bits per heavy atom. The zero-order valence-electron chi connectivity index (χ0n) is 19.5. The molecule has 2 aromatic heterocycles. The summed E-state index contributed by atoms with van der Waals surface area (Å²) >= 11 is 2.93. The summed E-state index contributed by atoms with van der Waals surface area (Å²) in [5.74, 6) is 2.00. The second-order valence-electron chi connectivity index (χ2n) is 8.83. The molecular weight excluding hydrogens is 450 g/mol. The first-order valence-corrected chi connectivity index (χ1v) is 13.2. The molecule has 1 aliphatic rings. The fraction of sp³-hybridized carbons (Fsp3) is 0.440. The number of anilines is 1. The van der Waals surface area contributed by atoms with Gasteiger partial charge < -0.3 is 9.88 Å². The Morgan fingerprint density at radius 2 is 2.09 bits per heavy atom. The molecule has 33 heavy (non-hydrogen) atoms. The summed E-state index contributed by atoms with van der Waals surface area (Å²) in [6.07, 6.45) is 3.00. The number of thiophene rings is 1. The minimum Gasteiger partial charge on any atom is -0.316 e. The first-order chi connectivity index (χ1) is 15.9. The SMILES string of the molecule is CCn1c(SCC(=O)Nc2sc3c(c2C#N)CCC(C)C3)nnc1-c1ccc(C(C)C)cc1. The average Bonchev–Trinajstić information content (AvgIpc) is 3.37. The largest absolute Gasteiger partial charge is 0.316 e. The number of amides is 1. The summed E-state index contributed by atoms with van der Waals surface area (Å²) in [7, 11) is 0. The maximum Gasteiger partial charge on any atom is 0.235 e. The summed E-state index contributed by atoms with van der Waals surface area (Å²) in [6, 6.07) is 10.7. The molecule has 172 valence electrons. The van der Waals surface area contributed by atoms with Crippen molar-refractivity contribution in [2.24, 2.45) is 5.92 Å². The first kappa shape index (κ1) is 23.5. The number of aromatic nitrogens is 3. The van der Waals surface area contributed by atoms with E-state index in [1.54, 1.807) is 11.3 Å². The number of carbonyl (C=O) groups excluding carboxylic acids is 1. The van der Waals surface area contributed by atoms with Crippen LogP contribution in [0.15, 0.2) is 29.4 Å². The molecule has 1 amide bonds. The molecule has 0 radical (unpaired) electrons. The summed E-state index contributed by atoms with van der Waals surface area (Å²) in [4.78, 5) is 14.0. The standard InChI is InChI=1S/C25H29N5OS2/c1-5-30-23(18-9-7-17(8-10-18)15(2)3)28-29-25(30)32-14-22(31)27-24-20(13-26)19-11-6-16(4)12-21(19)33-24/h7-10,15-16H,5-6,11-12,14H2,1-4H3,(H,27,31). The predicted molar refractivity (Wildman–Crippen MR) is 135 cm³/mol. The van der Waals surface area contributed by atoms with Gasteiger partial charge >= 0.3 is 0 Å². The van der Waals surface area contributed by atoms with Crippen molar-refractivity contribution in [2.45, 2.75) is 64.6 Å². The van der Waals surface area contributed by atoms with Crippen LogP contribution < -0.4 is 5.32 Å². The van der Waals surface area contributed by atoms with E-state index in [4.69, 9.17) is 0 Å². The zero-order chi connectivity index (χ0) is 23.5. The number of benzene rings is 1. The summed E-state index contributed by atoms with van der Waals surface area (Å²) in [5.41, 5.74) is 4.07. The second-order valence-corrected chi connectivity index (χ2v) is 10.9. The molecule has 0 fully saturated rings. The summed E-state index contributed by atoms with van der Waals surface area (Å²) < 4.78 is 2.04. The van der Waals surface area contributed by atoms with E-state index >= 15 is 0 Å². The van der Waals surface area contributed by atoms with Crippen LogP contribution in [0.3, 0.4) is 0 Å². The third-order valence-electron chi connectivity index (χ3n) is 6.08. The first-order valence-electron chi connectivity index (χ1n) is 11.4. The molecule has 1 unspecified atom stereocenters. The van der Waals surface area contributed by atoms with Gasteiger partial charge in [-0.2, -0.15) is 5.26 Å². The van der Waals surface area contributed by atoms with Gasteiger partial charge in [-0.25, -0.2) is 0 Å². The number of nitriles is 1. The highest BCUT2D eigenvalue weighted by atomic mass is 32.2. The van der Waals surface area contributed by atoms with Gasteiger partial charge in [0.15, 0.2) is 11.0 Å². The van der Waals surface area contributed by atoms with Crippen LogP contribution in [-0.4, -0.2) is 26.4 Å². The Hall–Kier alpha value is -2.63. The Bertz CT molecular complexity index is 1190. The highest BCUT2D eigenvalue weighted by molar-refractivity contribution is 7.99. The van der Waals surface area contributed by atoms with Gasteiger partial charge in [0.1, 0.15) is 11.1 Å². The highest BCUT2D eigenvalue weighted by Crippen LogP contribution is 2.39. The van der Waals surface area contributed by atoms with Gasteiger partial charge in [0.25, 0.3) is 0 Å². The number of hydrogen-bond acceptors (Lipinski definition) is 6. The lowest BCUT2D eigenvalue weighted by Gasteiger charge is -2.17. The molecule has 8 heteroatoms. The van der Waals surface area contributed by atoms with Crippen molar-refractivity contribution < 1.29 is 4.79 Å². The minimum atomic E-state index is -0.128. The molecule has 0 bridgehead atoms. The maximum atomic E-state index is 12.7. The van der Waals surface area contributed by atoms with Crippen LogP contribution in [-0.2, 0) is 24.2 Å². The van der Waals surface area contributed by atoms with Crippen molar-refractivity contribution in [2.75, 3.05) is 11.1 Å². The Morgan fingerprint density at radius 1 is 1.33 bits per heavy atom. The summed E-state index contributed by atoms with van der Waals surface area (Å²) in [6.45, 7) is 9.35. The highest BCUT2D eigenvalue weighted by Gasteiger charge is 2.25. The lowest BCUT2D eigenvalue weighted by atomic mass is 9.89. The molecule has 1 atom stereocenters. The van der Waals surface area contributed by atoms with E-state index in [1.807, 2.05) is 4.57 Å². The van der Waals surface area contributed by atoms with E-state index in [1.165, 1.54) is 22.2 Å². The number of carbonyl (C=O) groups is 1. The number of nitrogens with zero attached hydrogens (tertiary/aromatic N) is 4. The Balaban J connectivity index is 1.45. The van der Waals surface area contributed by atoms with Crippen LogP contribution in [0.2, 0.25) is 0 Å². The molecular formula is C25H29N5OS2. The minimum absolute atomic E-state index is 0.128. The van der Waals surface area contributed by atoms with E-state index in [2.05, 4.69) is 73.5 Å². The van der Waals surface area contributed by atoms with E-state index in [9.17, 15) is 10.1 Å². The second kappa shape index (κ2) is 10.1. The smallest absolute Gasteiger partial charge is 0.235 e. The van der Waals surface area contributed by atoms with E-state index in [0.29, 0.717) is 28.9 Å². The van der Waals surface area contributed by atoms with E-state index < -0.39 is 0 Å². The fourth-order valence-corrected chi connectivity index (χ4v) is 6.34. The molecule has 0 spiro atoms. The van der Waals surface area contributed by atoms with Crippen molar-refractivity contribution in [3.8, 4) is 17.5 Å². The van der Waals surface area contributed by atoms with Crippen molar-refractivity contribution in [1.82, 2.24) is 14.8 Å². The van der Waals surface area contributed by atoms with Crippen molar-refractivity contribution in [3.05, 3.63) is 45.8 Å². The molecule has 0 saturated carbocycles. The number of fused-ring (bicyclic) bond motifs is 1. The molecule has 0 aliphatic heterocycles. The van der Waals surface area contributed by atoms with Gasteiger partial charge in [0.05, 0.1) is 11.3 Å². The van der Waals surface area contributed by atoms with Crippen LogP contribution in [0.4, 0.5) is 5.00 Å². The number of hydrogen-bond donors (Lipinski definition) is 1. The Kier molecular flexibility index (Phi) is 7.20. The number of thioether (sulfide) groups is 1. The maximum absolute atomic E-state index is 12.7. The van der Waals surface area contributed by atoms with Gasteiger partial charge in [-0.05, 0) is 49.1 Å². The van der Waals surface area contributed by atoms with E-state index in [-0.39, 0.29) is 11.7 Å². The lowest BCUT2D eigenvalue weighted by molar-refractivity contribution is -0.113. The predicted octanol–water partition coefficient (Wildman–Crippen LogP) is 5.88. The third-order valence-corrected chi connectivity index (χ3v) is 8.21. The third kappa shape index (κ3) is 4.99. The molecule has 3 aromatic rings. The number of rotatable bonds is 7. The fourth-order valence-electron chi connectivity index (χ4n) is 4.16. The summed E-state index contributed by atoms with van der Waals surface area (Å²) in [5, 5.41) is 22.8. The molecule has 6 nitrogen and oxygen atoms in total. The van der Waals surface area contributed by atoms with Crippen LogP contribution in [0.5, 0.6) is 0 Å². The van der Waals surface area contributed by atoms with Crippen LogP contribution >= 0.6 is 23.1 Å². The quantitative estimate of drug-likeness (QED) is 0.428. The van der Waals surface area contributed by atoms with Crippen LogP contribution in [0.25, 0.3) is 11.4 Å². The van der Waals surface area contributed by atoms with E-state index in [0.717, 1.165) is 41.4 Å². The van der Waals surface area contributed by atoms with Gasteiger partial charge in [-0.3, -0.25) is 4.79 Å². The molecule has 1 N–H and O–H groups in total. The Labute approximate surface area is 203 Å². The normalized spacial score (nSPS) is 15.3.